The van der Waals surface area contributed by atoms with E-state index in [1.165, 1.54) is 24.3 Å². The van der Waals surface area contributed by atoms with Gasteiger partial charge in [-0.3, -0.25) is 0 Å². The van der Waals surface area contributed by atoms with Crippen LogP contribution in [0.15, 0.2) is 66.7 Å². The number of ether oxygens (including phenoxy) is 3. The highest BCUT2D eigenvalue weighted by Crippen LogP contribution is 2.25. The summed E-state index contributed by atoms with van der Waals surface area (Å²) in [7, 11) is 0. The minimum atomic E-state index is -1.54. The highest BCUT2D eigenvalue weighted by atomic mass is 16.7. The van der Waals surface area contributed by atoms with Crippen LogP contribution in [-0.4, -0.2) is 63.7 Å². The zero-order chi connectivity index (χ0) is 22.0. The molecule has 0 spiro atoms. The molecule has 3 aromatic rings. The van der Waals surface area contributed by atoms with Crippen LogP contribution in [0.25, 0.3) is 10.8 Å². The average molecular weight is 426 g/mol. The minimum absolute atomic E-state index is 0.256. The fourth-order valence-corrected chi connectivity index (χ4v) is 3.37. The minimum Gasteiger partial charge on any atom is -0.462 e. The Hall–Kier alpha value is -3.01. The fraction of sp³-hybridized carbons (Fsp3) is 0.261. The van der Waals surface area contributed by atoms with Crippen molar-refractivity contribution in [3.63, 3.8) is 0 Å². The van der Waals surface area contributed by atoms with Crippen molar-refractivity contribution in [2.24, 2.45) is 0 Å². The van der Waals surface area contributed by atoms with Gasteiger partial charge in [-0.25, -0.2) is 4.79 Å². The molecule has 1 saturated heterocycles. The molecule has 3 aromatic carbocycles. The third-order valence-electron chi connectivity index (χ3n) is 5.12. The van der Waals surface area contributed by atoms with Crippen molar-refractivity contribution >= 4 is 16.7 Å². The van der Waals surface area contributed by atoms with Crippen LogP contribution in [0.1, 0.15) is 10.4 Å². The molecule has 1 fully saturated rings. The fourth-order valence-electron chi connectivity index (χ4n) is 3.37. The first-order valence-corrected chi connectivity index (χ1v) is 9.74. The van der Waals surface area contributed by atoms with Gasteiger partial charge in [0.15, 0.2) is 0 Å². The van der Waals surface area contributed by atoms with Gasteiger partial charge >= 0.3 is 5.97 Å². The zero-order valence-corrected chi connectivity index (χ0v) is 16.4. The summed E-state index contributed by atoms with van der Waals surface area (Å²) < 4.78 is 16.3. The van der Waals surface area contributed by atoms with Crippen molar-refractivity contribution in [3.05, 3.63) is 72.3 Å². The van der Waals surface area contributed by atoms with Gasteiger partial charge < -0.3 is 34.6 Å². The lowest BCUT2D eigenvalue weighted by molar-refractivity contribution is -0.277. The predicted octanol–water partition coefficient (Wildman–Crippen LogP) is 1.24. The standard InChI is InChI=1S/C23H22O8/c24-12-18-19(25)20(26)21(27)23(31-18)30-16-8-6-14(7-9-16)22(28)29-17-10-5-13-3-1-2-4-15(13)11-17/h1-11,18-21,23-27H,12H2. The van der Waals surface area contributed by atoms with Crippen molar-refractivity contribution in [1.29, 1.82) is 0 Å². The molecule has 1 aliphatic heterocycles. The quantitative estimate of drug-likeness (QED) is 0.355. The Morgan fingerprint density at radius 3 is 2.23 bits per heavy atom. The molecule has 0 bridgehead atoms. The van der Waals surface area contributed by atoms with Gasteiger partial charge in [-0.2, -0.15) is 0 Å². The molecule has 0 radical (unpaired) electrons. The van der Waals surface area contributed by atoms with Crippen LogP contribution in [0.4, 0.5) is 0 Å². The molecule has 0 saturated carbocycles. The molecule has 5 atom stereocenters. The zero-order valence-electron chi connectivity index (χ0n) is 16.4. The van der Waals surface area contributed by atoms with Crippen molar-refractivity contribution in [2.45, 2.75) is 30.7 Å². The molecule has 0 aromatic heterocycles. The Morgan fingerprint density at radius 2 is 1.52 bits per heavy atom. The molecule has 8 nitrogen and oxygen atoms in total. The monoisotopic (exact) mass is 426 g/mol. The van der Waals surface area contributed by atoms with Crippen LogP contribution in [0.3, 0.4) is 0 Å². The summed E-state index contributed by atoms with van der Waals surface area (Å²) in [4.78, 5) is 12.4. The Balaban J connectivity index is 1.42. The molecular formula is C23H22O8. The van der Waals surface area contributed by atoms with E-state index in [9.17, 15) is 25.2 Å². The highest BCUT2D eigenvalue weighted by Gasteiger charge is 2.44. The van der Waals surface area contributed by atoms with Crippen LogP contribution in [0.2, 0.25) is 0 Å². The van der Waals surface area contributed by atoms with Crippen molar-refractivity contribution < 1.29 is 39.4 Å². The lowest BCUT2D eigenvalue weighted by Crippen LogP contribution is -2.60. The van der Waals surface area contributed by atoms with Crippen molar-refractivity contribution in [1.82, 2.24) is 0 Å². The molecule has 0 aliphatic carbocycles. The van der Waals surface area contributed by atoms with E-state index in [2.05, 4.69) is 0 Å². The smallest absolute Gasteiger partial charge is 0.343 e. The molecular weight excluding hydrogens is 404 g/mol. The number of esters is 1. The second-order valence-electron chi connectivity index (χ2n) is 7.24. The van der Waals surface area contributed by atoms with Gasteiger partial charge in [0, 0.05) is 0 Å². The van der Waals surface area contributed by atoms with Crippen molar-refractivity contribution in [3.8, 4) is 11.5 Å². The number of carbonyl (C=O) groups excluding carboxylic acids is 1. The Morgan fingerprint density at radius 1 is 0.839 bits per heavy atom. The van der Waals surface area contributed by atoms with Crippen LogP contribution >= 0.6 is 0 Å². The summed E-state index contributed by atoms with van der Waals surface area (Å²) in [6.45, 7) is -0.551. The molecule has 162 valence electrons. The summed E-state index contributed by atoms with van der Waals surface area (Å²) in [5, 5.41) is 40.9. The van der Waals surface area contributed by atoms with E-state index in [0.717, 1.165) is 10.8 Å². The average Bonchev–Trinajstić information content (AvgIpc) is 2.79. The molecule has 1 heterocycles. The Bertz CT molecular complexity index is 1050. The second-order valence-corrected chi connectivity index (χ2v) is 7.24. The van der Waals surface area contributed by atoms with Gasteiger partial charge in [-0.05, 0) is 47.2 Å². The van der Waals surface area contributed by atoms with Crippen LogP contribution in [-0.2, 0) is 4.74 Å². The van der Waals surface area contributed by atoms with E-state index >= 15 is 0 Å². The van der Waals surface area contributed by atoms with Gasteiger partial charge in [0.25, 0.3) is 0 Å². The van der Waals surface area contributed by atoms with E-state index in [1.54, 1.807) is 12.1 Å². The van der Waals surface area contributed by atoms with Gasteiger partial charge in [-0.1, -0.05) is 30.3 Å². The lowest BCUT2D eigenvalue weighted by Gasteiger charge is -2.39. The molecule has 1 aliphatic rings. The summed E-state index contributed by atoms with van der Waals surface area (Å²) in [5.41, 5.74) is 0.286. The van der Waals surface area contributed by atoms with Crippen LogP contribution < -0.4 is 9.47 Å². The maximum absolute atomic E-state index is 12.4. The lowest BCUT2D eigenvalue weighted by atomic mass is 9.99. The van der Waals surface area contributed by atoms with Gasteiger partial charge in [0.05, 0.1) is 12.2 Å². The second kappa shape index (κ2) is 9.01. The van der Waals surface area contributed by atoms with E-state index in [-0.39, 0.29) is 11.3 Å². The molecule has 4 rings (SSSR count). The summed E-state index contributed by atoms with van der Waals surface area (Å²) >= 11 is 0. The Labute approximate surface area is 177 Å². The van der Waals surface area contributed by atoms with Crippen LogP contribution in [0, 0.1) is 0 Å². The number of hydrogen-bond donors (Lipinski definition) is 4. The number of aliphatic hydroxyl groups is 4. The molecule has 0 amide bonds. The number of benzene rings is 3. The normalized spacial score (nSPS) is 25.9. The largest absolute Gasteiger partial charge is 0.462 e. The third kappa shape index (κ3) is 4.53. The van der Waals surface area contributed by atoms with E-state index < -0.39 is 43.3 Å². The highest BCUT2D eigenvalue weighted by molar-refractivity contribution is 5.92. The predicted molar refractivity (Wildman–Crippen MR) is 110 cm³/mol. The SMILES string of the molecule is O=C(Oc1ccc2ccccc2c1)c1ccc(OC2OC(CO)C(O)C(O)C2O)cc1. The van der Waals surface area contributed by atoms with Crippen molar-refractivity contribution in [2.75, 3.05) is 6.61 Å². The number of aliphatic hydroxyl groups excluding tert-OH is 4. The topological polar surface area (TPSA) is 126 Å². The number of rotatable bonds is 5. The van der Waals surface area contributed by atoms with Gasteiger partial charge in [0.2, 0.25) is 6.29 Å². The van der Waals surface area contributed by atoms with E-state index in [4.69, 9.17) is 14.2 Å². The number of hydrogen-bond acceptors (Lipinski definition) is 8. The summed E-state index contributed by atoms with van der Waals surface area (Å²) in [6, 6.07) is 19.1. The molecule has 31 heavy (non-hydrogen) atoms. The first-order chi connectivity index (χ1) is 15.0. The van der Waals surface area contributed by atoms with E-state index in [1.807, 2.05) is 30.3 Å². The summed E-state index contributed by atoms with van der Waals surface area (Å²) in [6.07, 6.45) is -6.89. The Kier molecular flexibility index (Phi) is 6.17. The first kappa shape index (κ1) is 21.2. The molecule has 4 N–H and O–H groups in total. The first-order valence-electron chi connectivity index (χ1n) is 9.74. The number of fused-ring (bicyclic) bond motifs is 1. The number of carbonyl (C=O) groups is 1. The maximum atomic E-state index is 12.4. The molecule has 8 heteroatoms. The molecule has 5 unspecified atom stereocenters. The maximum Gasteiger partial charge on any atom is 0.343 e. The van der Waals surface area contributed by atoms with E-state index in [0.29, 0.717) is 5.75 Å². The van der Waals surface area contributed by atoms with Gasteiger partial charge in [-0.15, -0.1) is 0 Å². The summed E-state index contributed by atoms with van der Waals surface area (Å²) in [5.74, 6) is 0.131. The van der Waals surface area contributed by atoms with Gasteiger partial charge in [0.1, 0.15) is 35.9 Å². The van der Waals surface area contributed by atoms with Crippen LogP contribution in [0.5, 0.6) is 11.5 Å². The third-order valence-corrected chi connectivity index (χ3v) is 5.12.